The first-order chi connectivity index (χ1) is 7.31. The Morgan fingerprint density at radius 3 is 2.93 bits per heavy atom. The molecular formula is C13H19NS. The summed E-state index contributed by atoms with van der Waals surface area (Å²) in [4.78, 5) is 0. The number of hydrogen-bond acceptors (Lipinski definition) is 2. The highest BCUT2D eigenvalue weighted by atomic mass is 32.2. The summed E-state index contributed by atoms with van der Waals surface area (Å²) >= 11 is 2.06. The van der Waals surface area contributed by atoms with E-state index in [1.165, 1.54) is 17.5 Å². The van der Waals surface area contributed by atoms with Crippen LogP contribution in [0.25, 0.3) is 0 Å². The minimum absolute atomic E-state index is 0.505. The molecule has 2 atom stereocenters. The molecule has 0 aromatic heterocycles. The van der Waals surface area contributed by atoms with Crippen molar-refractivity contribution in [3.8, 4) is 0 Å². The predicted octanol–water partition coefficient (Wildman–Crippen LogP) is 3.36. The lowest BCUT2D eigenvalue weighted by atomic mass is 10.1. The molecule has 2 heteroatoms. The molecule has 2 unspecified atom stereocenters. The van der Waals surface area contributed by atoms with Crippen LogP contribution in [0.5, 0.6) is 0 Å². The summed E-state index contributed by atoms with van der Waals surface area (Å²) in [6.45, 7) is 5.71. The summed E-state index contributed by atoms with van der Waals surface area (Å²) in [6, 6.07) is 8.80. The van der Waals surface area contributed by atoms with Crippen LogP contribution in [0.1, 0.15) is 36.8 Å². The van der Waals surface area contributed by atoms with E-state index in [0.717, 1.165) is 18.2 Å². The first kappa shape index (κ1) is 11.0. The van der Waals surface area contributed by atoms with Crippen LogP contribution in [-0.4, -0.2) is 11.8 Å². The molecule has 0 radical (unpaired) electrons. The second-order valence-corrected chi connectivity index (χ2v) is 5.67. The van der Waals surface area contributed by atoms with Gasteiger partial charge < -0.3 is 5.32 Å². The largest absolute Gasteiger partial charge is 0.302 e. The Balaban J connectivity index is 2.20. The number of rotatable bonds is 2. The molecule has 2 rings (SSSR count). The molecule has 1 aliphatic heterocycles. The van der Waals surface area contributed by atoms with Gasteiger partial charge in [0.2, 0.25) is 0 Å². The summed E-state index contributed by atoms with van der Waals surface area (Å²) in [6.07, 6.45) is 2.42. The van der Waals surface area contributed by atoms with Crippen LogP contribution in [0, 0.1) is 0 Å². The molecule has 15 heavy (non-hydrogen) atoms. The Hall–Kier alpha value is -0.470. The van der Waals surface area contributed by atoms with E-state index in [0.29, 0.717) is 5.37 Å². The van der Waals surface area contributed by atoms with Gasteiger partial charge in [-0.15, -0.1) is 11.8 Å². The summed E-state index contributed by atoms with van der Waals surface area (Å²) in [5.41, 5.74) is 2.97. The van der Waals surface area contributed by atoms with E-state index in [1.807, 2.05) is 0 Å². The van der Waals surface area contributed by atoms with Gasteiger partial charge in [-0.1, -0.05) is 38.1 Å². The van der Waals surface area contributed by atoms with Crippen molar-refractivity contribution < 1.29 is 0 Å². The van der Waals surface area contributed by atoms with Gasteiger partial charge in [0.25, 0.3) is 0 Å². The molecule has 1 nitrogen and oxygen atoms in total. The van der Waals surface area contributed by atoms with Crippen molar-refractivity contribution in [1.29, 1.82) is 0 Å². The Kier molecular flexibility index (Phi) is 3.71. The highest BCUT2D eigenvalue weighted by Crippen LogP contribution is 2.35. The number of thioether (sulfide) groups is 1. The molecule has 1 aromatic carbocycles. The molecule has 1 aromatic rings. The minimum Gasteiger partial charge on any atom is -0.302 e. The second-order valence-electron chi connectivity index (χ2n) is 4.12. The molecule has 82 valence electrons. The lowest BCUT2D eigenvalue weighted by molar-refractivity contribution is 0.602. The Bertz CT molecular complexity index is 324. The van der Waals surface area contributed by atoms with E-state index in [4.69, 9.17) is 0 Å². The third-order valence-corrected chi connectivity index (χ3v) is 4.36. The molecule has 0 bridgehead atoms. The maximum Gasteiger partial charge on any atom is 0.0794 e. The van der Waals surface area contributed by atoms with E-state index in [9.17, 15) is 0 Å². The standard InChI is InChI=1S/C13H19NS/c1-3-11-6-4-5-7-12(11)13-14-9-8-10(2)15-13/h4-7,10,13-14H,3,8-9H2,1-2H3. The van der Waals surface area contributed by atoms with Crippen LogP contribution >= 0.6 is 11.8 Å². The maximum atomic E-state index is 3.60. The van der Waals surface area contributed by atoms with E-state index < -0.39 is 0 Å². The number of nitrogens with one attached hydrogen (secondary N) is 1. The Morgan fingerprint density at radius 2 is 2.20 bits per heavy atom. The van der Waals surface area contributed by atoms with Crippen molar-refractivity contribution in [3.05, 3.63) is 35.4 Å². The van der Waals surface area contributed by atoms with Crippen molar-refractivity contribution in [2.45, 2.75) is 37.3 Å². The second kappa shape index (κ2) is 5.04. The Labute approximate surface area is 96.7 Å². The van der Waals surface area contributed by atoms with Crippen molar-refractivity contribution in [1.82, 2.24) is 5.32 Å². The van der Waals surface area contributed by atoms with Crippen LogP contribution in [0.2, 0.25) is 0 Å². The van der Waals surface area contributed by atoms with Gasteiger partial charge in [0.1, 0.15) is 0 Å². The van der Waals surface area contributed by atoms with Crippen molar-refractivity contribution >= 4 is 11.8 Å². The molecule has 0 saturated carbocycles. The van der Waals surface area contributed by atoms with Crippen molar-refractivity contribution in [2.24, 2.45) is 0 Å². The molecule has 1 fully saturated rings. The van der Waals surface area contributed by atoms with Crippen LogP contribution in [-0.2, 0) is 6.42 Å². The monoisotopic (exact) mass is 221 g/mol. The highest BCUT2D eigenvalue weighted by molar-refractivity contribution is 8.00. The summed E-state index contributed by atoms with van der Waals surface area (Å²) in [7, 11) is 0. The summed E-state index contributed by atoms with van der Waals surface area (Å²) in [5, 5.41) is 4.89. The van der Waals surface area contributed by atoms with Crippen molar-refractivity contribution in [3.63, 3.8) is 0 Å². The number of benzene rings is 1. The molecule has 0 amide bonds. The predicted molar refractivity (Wildman–Crippen MR) is 68.2 cm³/mol. The van der Waals surface area contributed by atoms with E-state index in [2.05, 4.69) is 55.2 Å². The van der Waals surface area contributed by atoms with Gasteiger partial charge in [-0.05, 0) is 30.5 Å². The van der Waals surface area contributed by atoms with E-state index in [-0.39, 0.29) is 0 Å². The maximum absolute atomic E-state index is 3.60. The lowest BCUT2D eigenvalue weighted by Gasteiger charge is -2.29. The normalized spacial score (nSPS) is 26.5. The fourth-order valence-corrected chi connectivity index (χ4v) is 3.37. The molecule has 1 aliphatic rings. The third kappa shape index (κ3) is 2.56. The first-order valence-electron chi connectivity index (χ1n) is 5.78. The van der Waals surface area contributed by atoms with Crippen LogP contribution in [0.3, 0.4) is 0 Å². The quantitative estimate of drug-likeness (QED) is 0.822. The zero-order valence-corrected chi connectivity index (χ0v) is 10.3. The average molecular weight is 221 g/mol. The van der Waals surface area contributed by atoms with Gasteiger partial charge in [-0.25, -0.2) is 0 Å². The van der Waals surface area contributed by atoms with Gasteiger partial charge >= 0.3 is 0 Å². The lowest BCUT2D eigenvalue weighted by Crippen LogP contribution is -2.29. The zero-order valence-electron chi connectivity index (χ0n) is 9.49. The van der Waals surface area contributed by atoms with Crippen LogP contribution < -0.4 is 5.32 Å². The van der Waals surface area contributed by atoms with Gasteiger partial charge in [0, 0.05) is 5.25 Å². The molecule has 0 spiro atoms. The van der Waals surface area contributed by atoms with Gasteiger partial charge in [0.05, 0.1) is 5.37 Å². The van der Waals surface area contributed by atoms with Crippen LogP contribution in [0.15, 0.2) is 24.3 Å². The molecule has 1 N–H and O–H groups in total. The Morgan fingerprint density at radius 1 is 1.40 bits per heavy atom. The third-order valence-electron chi connectivity index (χ3n) is 2.97. The molecular weight excluding hydrogens is 202 g/mol. The molecule has 0 aliphatic carbocycles. The summed E-state index contributed by atoms with van der Waals surface area (Å²) < 4.78 is 0. The highest BCUT2D eigenvalue weighted by Gasteiger charge is 2.21. The van der Waals surface area contributed by atoms with Gasteiger partial charge in [-0.3, -0.25) is 0 Å². The minimum atomic E-state index is 0.505. The topological polar surface area (TPSA) is 12.0 Å². The zero-order chi connectivity index (χ0) is 10.7. The first-order valence-corrected chi connectivity index (χ1v) is 6.72. The fraction of sp³-hybridized carbons (Fsp3) is 0.538. The molecule has 1 heterocycles. The number of hydrogen-bond donors (Lipinski definition) is 1. The fourth-order valence-electron chi connectivity index (χ4n) is 2.06. The van der Waals surface area contributed by atoms with E-state index in [1.54, 1.807) is 0 Å². The van der Waals surface area contributed by atoms with Gasteiger partial charge in [-0.2, -0.15) is 0 Å². The summed E-state index contributed by atoms with van der Waals surface area (Å²) in [5.74, 6) is 0. The van der Waals surface area contributed by atoms with Crippen LogP contribution in [0.4, 0.5) is 0 Å². The van der Waals surface area contributed by atoms with E-state index >= 15 is 0 Å². The van der Waals surface area contributed by atoms with Crippen molar-refractivity contribution in [2.75, 3.05) is 6.54 Å². The van der Waals surface area contributed by atoms with Gasteiger partial charge in [0.15, 0.2) is 0 Å². The average Bonchev–Trinajstić information content (AvgIpc) is 2.29. The molecule has 1 saturated heterocycles. The SMILES string of the molecule is CCc1ccccc1C1NCCC(C)S1. The number of aryl methyl sites for hydroxylation is 1. The smallest absolute Gasteiger partial charge is 0.0794 e.